The first-order valence-electron chi connectivity index (χ1n) is 3.41. The van der Waals surface area contributed by atoms with E-state index < -0.39 is 22.5 Å². The van der Waals surface area contributed by atoms with Gasteiger partial charge in [0.05, 0.1) is 10.0 Å². The van der Waals surface area contributed by atoms with Crippen molar-refractivity contribution in [2.24, 2.45) is 0 Å². The maximum atomic E-state index is 12.9. The number of alkyl halides is 2. The first kappa shape index (κ1) is 11.2. The van der Waals surface area contributed by atoms with Gasteiger partial charge in [0.2, 0.25) is 0 Å². The molecule has 1 aromatic rings. The molecule has 0 saturated heterocycles. The number of carboxylic acid groups (broad SMARTS) is 1. The molecule has 0 aliphatic carbocycles. The SMILES string of the molecule is O=C([O-])C(F)(F)c1cccc(Cl)c1Cl. The van der Waals surface area contributed by atoms with Crippen LogP contribution in [0.2, 0.25) is 10.0 Å². The van der Waals surface area contributed by atoms with E-state index in [2.05, 4.69) is 0 Å². The summed E-state index contributed by atoms with van der Waals surface area (Å²) >= 11 is 10.9. The van der Waals surface area contributed by atoms with Crippen LogP contribution < -0.4 is 5.11 Å². The van der Waals surface area contributed by atoms with Gasteiger partial charge in [0.25, 0.3) is 0 Å². The van der Waals surface area contributed by atoms with Crippen LogP contribution in [-0.4, -0.2) is 5.97 Å². The molecule has 0 fully saturated rings. The predicted octanol–water partition coefficient (Wildman–Crippen LogP) is 1.84. The molecule has 76 valence electrons. The van der Waals surface area contributed by atoms with Crippen LogP contribution in [0.3, 0.4) is 0 Å². The maximum absolute atomic E-state index is 12.9. The number of aliphatic carboxylic acids is 1. The smallest absolute Gasteiger partial charge is 0.313 e. The Bertz CT molecular complexity index is 380. The summed E-state index contributed by atoms with van der Waals surface area (Å²) < 4.78 is 25.8. The largest absolute Gasteiger partial charge is 0.544 e. The highest BCUT2D eigenvalue weighted by Crippen LogP contribution is 2.36. The van der Waals surface area contributed by atoms with Gasteiger partial charge in [-0.3, -0.25) is 0 Å². The highest BCUT2D eigenvalue weighted by molar-refractivity contribution is 6.42. The molecule has 0 bridgehead atoms. The topological polar surface area (TPSA) is 40.1 Å². The third kappa shape index (κ3) is 1.81. The van der Waals surface area contributed by atoms with Gasteiger partial charge in [0.15, 0.2) is 0 Å². The second-order valence-electron chi connectivity index (χ2n) is 2.46. The Balaban J connectivity index is 3.33. The number of carbonyl (C=O) groups is 1. The molecule has 6 heteroatoms. The highest BCUT2D eigenvalue weighted by Gasteiger charge is 2.36. The standard InChI is InChI=1S/C8H4Cl2F2O2/c9-5-3-1-2-4(6(5)10)8(11,12)7(13)14/h1-3H,(H,13,14)/p-1. The van der Waals surface area contributed by atoms with Crippen LogP contribution in [0.4, 0.5) is 8.78 Å². The van der Waals surface area contributed by atoms with Crippen LogP contribution in [0.15, 0.2) is 18.2 Å². The number of rotatable bonds is 2. The average Bonchev–Trinajstić information content (AvgIpc) is 2.09. The van der Waals surface area contributed by atoms with Gasteiger partial charge in [-0.05, 0) is 6.07 Å². The number of halogens is 4. The zero-order chi connectivity index (χ0) is 10.9. The summed E-state index contributed by atoms with van der Waals surface area (Å²) in [5, 5.41) is 9.51. The zero-order valence-corrected chi connectivity index (χ0v) is 8.07. The van der Waals surface area contributed by atoms with Crippen LogP contribution in [0.1, 0.15) is 5.56 Å². The summed E-state index contributed by atoms with van der Waals surface area (Å²) in [6.45, 7) is 0. The maximum Gasteiger partial charge on any atom is 0.313 e. The molecular weight excluding hydrogens is 237 g/mol. The summed E-state index contributed by atoms with van der Waals surface area (Å²) in [5.41, 5.74) is -0.869. The van der Waals surface area contributed by atoms with E-state index in [-0.39, 0.29) is 5.02 Å². The molecule has 0 aliphatic heterocycles. The summed E-state index contributed by atoms with van der Waals surface area (Å²) in [6, 6.07) is 3.34. The summed E-state index contributed by atoms with van der Waals surface area (Å²) in [6.07, 6.45) is 0. The van der Waals surface area contributed by atoms with Crippen molar-refractivity contribution < 1.29 is 18.7 Å². The van der Waals surface area contributed by atoms with E-state index in [9.17, 15) is 18.7 Å². The lowest BCUT2D eigenvalue weighted by atomic mass is 10.1. The van der Waals surface area contributed by atoms with E-state index in [0.717, 1.165) is 6.07 Å². The first-order chi connectivity index (χ1) is 6.37. The lowest BCUT2D eigenvalue weighted by Crippen LogP contribution is -2.39. The van der Waals surface area contributed by atoms with E-state index in [1.165, 1.54) is 12.1 Å². The van der Waals surface area contributed by atoms with Gasteiger partial charge < -0.3 is 9.90 Å². The fourth-order valence-electron chi connectivity index (χ4n) is 0.856. The number of hydrogen-bond acceptors (Lipinski definition) is 2. The fourth-order valence-corrected chi connectivity index (χ4v) is 1.28. The van der Waals surface area contributed by atoms with Crippen molar-refractivity contribution in [3.8, 4) is 0 Å². The molecule has 2 nitrogen and oxygen atoms in total. The second-order valence-corrected chi connectivity index (χ2v) is 3.25. The molecule has 1 rings (SSSR count). The molecule has 0 radical (unpaired) electrons. The molecule has 0 N–H and O–H groups in total. The van der Waals surface area contributed by atoms with E-state index in [1.807, 2.05) is 0 Å². The first-order valence-corrected chi connectivity index (χ1v) is 4.16. The molecule has 0 unspecified atom stereocenters. The van der Waals surface area contributed by atoms with Gasteiger partial charge in [-0.15, -0.1) is 0 Å². The number of benzene rings is 1. The molecule has 0 aromatic heterocycles. The summed E-state index contributed by atoms with van der Waals surface area (Å²) in [7, 11) is 0. The van der Waals surface area contributed by atoms with Gasteiger partial charge in [-0.2, -0.15) is 8.78 Å². The Labute approximate surface area is 88.1 Å². The normalized spacial score (nSPS) is 11.4. The van der Waals surface area contributed by atoms with Crippen LogP contribution in [0, 0.1) is 0 Å². The second kappa shape index (κ2) is 3.71. The van der Waals surface area contributed by atoms with Crippen LogP contribution in [0.5, 0.6) is 0 Å². The number of carboxylic acids is 1. The van der Waals surface area contributed by atoms with Gasteiger partial charge in [-0.25, -0.2) is 0 Å². The lowest BCUT2D eigenvalue weighted by Gasteiger charge is -2.18. The monoisotopic (exact) mass is 239 g/mol. The minimum atomic E-state index is -4.14. The van der Waals surface area contributed by atoms with Gasteiger partial charge in [-0.1, -0.05) is 35.3 Å². The molecule has 0 amide bonds. The van der Waals surface area contributed by atoms with Crippen LogP contribution in [-0.2, 0) is 10.7 Å². The third-order valence-electron chi connectivity index (χ3n) is 1.55. The average molecular weight is 240 g/mol. The fraction of sp³-hybridized carbons (Fsp3) is 0.125. The van der Waals surface area contributed by atoms with E-state index in [1.54, 1.807) is 0 Å². The van der Waals surface area contributed by atoms with Crippen molar-refractivity contribution in [1.82, 2.24) is 0 Å². The number of hydrogen-bond donors (Lipinski definition) is 0. The quantitative estimate of drug-likeness (QED) is 0.791. The van der Waals surface area contributed by atoms with Gasteiger partial charge >= 0.3 is 5.92 Å². The summed E-state index contributed by atoms with van der Waals surface area (Å²) in [4.78, 5) is 10.1. The third-order valence-corrected chi connectivity index (χ3v) is 2.37. The Morgan fingerprint density at radius 1 is 1.36 bits per heavy atom. The Kier molecular flexibility index (Phi) is 2.97. The molecule has 0 saturated carbocycles. The number of carbonyl (C=O) groups excluding carboxylic acids is 1. The zero-order valence-electron chi connectivity index (χ0n) is 6.56. The molecule has 0 atom stereocenters. The van der Waals surface area contributed by atoms with E-state index in [0.29, 0.717) is 0 Å². The Morgan fingerprint density at radius 2 is 1.93 bits per heavy atom. The predicted molar refractivity (Wildman–Crippen MR) is 45.4 cm³/mol. The molecule has 1 aromatic carbocycles. The Morgan fingerprint density at radius 3 is 2.43 bits per heavy atom. The van der Waals surface area contributed by atoms with Crippen molar-refractivity contribution in [1.29, 1.82) is 0 Å². The minimum absolute atomic E-state index is 0.134. The minimum Gasteiger partial charge on any atom is -0.544 e. The highest BCUT2D eigenvalue weighted by atomic mass is 35.5. The van der Waals surface area contributed by atoms with Crippen molar-refractivity contribution in [2.45, 2.75) is 5.92 Å². The Hall–Kier alpha value is -0.870. The van der Waals surface area contributed by atoms with E-state index >= 15 is 0 Å². The van der Waals surface area contributed by atoms with Crippen molar-refractivity contribution in [3.05, 3.63) is 33.8 Å². The van der Waals surface area contributed by atoms with Crippen molar-refractivity contribution in [3.63, 3.8) is 0 Å². The molecular formula is C8H3Cl2F2O2-. The van der Waals surface area contributed by atoms with Crippen molar-refractivity contribution >= 4 is 29.2 Å². The molecule has 0 heterocycles. The van der Waals surface area contributed by atoms with Gasteiger partial charge in [0.1, 0.15) is 5.97 Å². The molecule has 0 aliphatic rings. The van der Waals surface area contributed by atoms with Gasteiger partial charge in [0, 0.05) is 5.56 Å². The molecule has 0 spiro atoms. The van der Waals surface area contributed by atoms with E-state index in [4.69, 9.17) is 23.2 Å². The van der Waals surface area contributed by atoms with Crippen molar-refractivity contribution in [2.75, 3.05) is 0 Å². The lowest BCUT2D eigenvalue weighted by molar-refractivity contribution is -0.331. The van der Waals surface area contributed by atoms with Crippen LogP contribution in [0.25, 0.3) is 0 Å². The molecule has 14 heavy (non-hydrogen) atoms. The van der Waals surface area contributed by atoms with Crippen LogP contribution >= 0.6 is 23.2 Å². The summed E-state index contributed by atoms with van der Waals surface area (Å²) in [5.74, 6) is -6.65.